The number of aliphatic hydroxyl groups excluding tert-OH is 1. The van der Waals surface area contributed by atoms with E-state index in [1.54, 1.807) is 55.4 Å². The molecule has 0 aliphatic carbocycles. The van der Waals surface area contributed by atoms with Gasteiger partial charge in [0.25, 0.3) is 5.56 Å². The molecule has 1 atom stereocenters. The topological polar surface area (TPSA) is 121 Å². The Balaban J connectivity index is 1.58. The Morgan fingerprint density at radius 2 is 1.90 bits per heavy atom. The van der Waals surface area contributed by atoms with Crippen LogP contribution in [0.4, 0.5) is 0 Å². The Kier molecular flexibility index (Phi) is 5.57. The van der Waals surface area contributed by atoms with Crippen LogP contribution in [0.5, 0.6) is 0 Å². The van der Waals surface area contributed by atoms with Gasteiger partial charge in [-0.1, -0.05) is 28.9 Å². The molecule has 160 valence electrons. The lowest BCUT2D eigenvalue weighted by Crippen LogP contribution is -2.39. The maximum atomic E-state index is 12.9. The number of halogens is 1. The van der Waals surface area contributed by atoms with Crippen LogP contribution in [0, 0.1) is 0 Å². The largest absolute Gasteiger partial charge is 0.388 e. The van der Waals surface area contributed by atoms with Crippen LogP contribution in [-0.2, 0) is 27.1 Å². The molecule has 11 heteroatoms. The first-order valence-corrected chi connectivity index (χ1v) is 9.74. The third kappa shape index (κ3) is 4.35. The summed E-state index contributed by atoms with van der Waals surface area (Å²) < 4.78 is 9.11. The van der Waals surface area contributed by atoms with Gasteiger partial charge in [0.15, 0.2) is 5.82 Å². The van der Waals surface area contributed by atoms with Gasteiger partial charge in [-0.05, 0) is 17.7 Å². The van der Waals surface area contributed by atoms with Crippen LogP contribution in [0.1, 0.15) is 23.4 Å². The van der Waals surface area contributed by atoms with Crippen LogP contribution in [-0.4, -0.2) is 34.2 Å². The molecule has 0 spiro atoms. The molecule has 4 rings (SSSR count). The summed E-state index contributed by atoms with van der Waals surface area (Å²) in [4.78, 5) is 29.7. The van der Waals surface area contributed by atoms with E-state index in [2.05, 4.69) is 15.2 Å². The van der Waals surface area contributed by atoms with E-state index in [9.17, 15) is 14.7 Å². The fourth-order valence-corrected chi connectivity index (χ4v) is 3.30. The summed E-state index contributed by atoms with van der Waals surface area (Å²) in [5.74, 6) is 0.339. The molecule has 0 radical (unpaired) electrons. The van der Waals surface area contributed by atoms with E-state index < -0.39 is 17.4 Å². The zero-order valence-electron chi connectivity index (χ0n) is 16.8. The van der Waals surface area contributed by atoms with E-state index in [1.807, 2.05) is 0 Å². The van der Waals surface area contributed by atoms with Gasteiger partial charge >= 0.3 is 5.69 Å². The van der Waals surface area contributed by atoms with Crippen molar-refractivity contribution in [3.63, 3.8) is 0 Å². The Hall–Kier alpha value is -3.50. The number of nitrogens with zero attached hydrogens (tertiary/aromatic N) is 6. The van der Waals surface area contributed by atoms with Gasteiger partial charge in [0.2, 0.25) is 5.89 Å². The maximum Gasteiger partial charge on any atom is 0.331 e. The summed E-state index contributed by atoms with van der Waals surface area (Å²) in [7, 11) is 3.29. The first-order chi connectivity index (χ1) is 14.8. The van der Waals surface area contributed by atoms with Crippen LogP contribution < -0.4 is 11.2 Å². The molecule has 0 saturated carbocycles. The summed E-state index contributed by atoms with van der Waals surface area (Å²) in [6, 6.07) is 6.78. The zero-order chi connectivity index (χ0) is 22.1. The Morgan fingerprint density at radius 1 is 1.16 bits per heavy atom. The van der Waals surface area contributed by atoms with Gasteiger partial charge in [-0.3, -0.25) is 14.0 Å². The SMILES string of the molecule is Cn1cc(-c2cn(C)c(=O)n(Cc3nc(C[C@H](O)c4ccc(Cl)cc4)no3)c2=O)cn1. The number of aromatic nitrogens is 6. The zero-order valence-corrected chi connectivity index (χ0v) is 17.5. The van der Waals surface area contributed by atoms with Crippen LogP contribution in [0.15, 0.2) is 57.0 Å². The average Bonchev–Trinajstić information content (AvgIpc) is 3.37. The normalized spacial score (nSPS) is 12.3. The highest BCUT2D eigenvalue weighted by Gasteiger charge is 2.18. The molecule has 0 aliphatic heterocycles. The number of rotatable bonds is 6. The van der Waals surface area contributed by atoms with Gasteiger partial charge in [0.05, 0.1) is 17.9 Å². The summed E-state index contributed by atoms with van der Waals surface area (Å²) >= 11 is 5.86. The van der Waals surface area contributed by atoms with Crippen molar-refractivity contribution >= 4 is 11.6 Å². The minimum Gasteiger partial charge on any atom is -0.388 e. The Bertz CT molecular complexity index is 1330. The predicted molar refractivity (Wildman–Crippen MR) is 112 cm³/mol. The second-order valence-electron chi connectivity index (χ2n) is 7.11. The number of hydrogen-bond donors (Lipinski definition) is 1. The van der Waals surface area contributed by atoms with Gasteiger partial charge in [-0.25, -0.2) is 4.79 Å². The highest BCUT2D eigenvalue weighted by Crippen LogP contribution is 2.19. The van der Waals surface area contributed by atoms with E-state index in [1.165, 1.54) is 10.8 Å². The highest BCUT2D eigenvalue weighted by atomic mass is 35.5. The summed E-state index contributed by atoms with van der Waals surface area (Å²) in [6.45, 7) is -0.191. The standard InChI is InChI=1S/C20H19ClN6O4/c1-25-10-15(13-8-22-26(2)9-13)19(29)27(20(25)30)11-18-23-17(24-31-18)7-16(28)12-3-5-14(21)6-4-12/h3-6,8-10,16,28H,7,11H2,1-2H3/t16-/m0/s1. The van der Waals surface area contributed by atoms with E-state index in [-0.39, 0.29) is 24.7 Å². The molecular weight excluding hydrogens is 424 g/mol. The summed E-state index contributed by atoms with van der Waals surface area (Å²) in [5.41, 5.74) is 0.572. The minimum atomic E-state index is -0.854. The molecule has 0 fully saturated rings. The first-order valence-electron chi connectivity index (χ1n) is 9.36. The Morgan fingerprint density at radius 3 is 2.58 bits per heavy atom. The molecule has 10 nitrogen and oxygen atoms in total. The van der Waals surface area contributed by atoms with E-state index in [0.29, 0.717) is 21.7 Å². The second kappa shape index (κ2) is 8.32. The van der Waals surface area contributed by atoms with Gasteiger partial charge in [0, 0.05) is 43.5 Å². The molecule has 3 heterocycles. The predicted octanol–water partition coefficient (Wildman–Crippen LogP) is 1.31. The minimum absolute atomic E-state index is 0.0841. The van der Waals surface area contributed by atoms with Crippen molar-refractivity contribution in [1.82, 2.24) is 29.1 Å². The van der Waals surface area contributed by atoms with Crippen LogP contribution in [0.2, 0.25) is 5.02 Å². The number of benzene rings is 1. The van der Waals surface area contributed by atoms with E-state index >= 15 is 0 Å². The lowest BCUT2D eigenvalue weighted by atomic mass is 10.1. The molecule has 0 amide bonds. The van der Waals surface area contributed by atoms with Crippen molar-refractivity contribution in [3.8, 4) is 11.1 Å². The van der Waals surface area contributed by atoms with Crippen molar-refractivity contribution in [2.45, 2.75) is 19.1 Å². The third-order valence-corrected chi connectivity index (χ3v) is 5.03. The van der Waals surface area contributed by atoms with Crippen LogP contribution >= 0.6 is 11.6 Å². The number of hydrogen-bond acceptors (Lipinski definition) is 7. The van der Waals surface area contributed by atoms with Gasteiger partial charge in [0.1, 0.15) is 6.54 Å². The number of aliphatic hydroxyl groups is 1. The summed E-state index contributed by atoms with van der Waals surface area (Å²) in [6.07, 6.45) is 3.96. The van der Waals surface area contributed by atoms with Crippen molar-refractivity contribution in [1.29, 1.82) is 0 Å². The molecule has 0 aliphatic rings. The number of aryl methyl sites for hydroxylation is 2. The fraction of sp³-hybridized carbons (Fsp3) is 0.250. The quantitative estimate of drug-likeness (QED) is 0.477. The molecule has 0 bridgehead atoms. The maximum absolute atomic E-state index is 12.9. The monoisotopic (exact) mass is 442 g/mol. The molecule has 3 aromatic heterocycles. The second-order valence-corrected chi connectivity index (χ2v) is 7.54. The molecule has 31 heavy (non-hydrogen) atoms. The first kappa shape index (κ1) is 20.8. The van der Waals surface area contributed by atoms with Crippen LogP contribution in [0.25, 0.3) is 11.1 Å². The van der Waals surface area contributed by atoms with Crippen LogP contribution in [0.3, 0.4) is 0 Å². The van der Waals surface area contributed by atoms with Gasteiger partial charge in [-0.2, -0.15) is 10.1 Å². The lowest BCUT2D eigenvalue weighted by molar-refractivity contribution is 0.174. The average molecular weight is 443 g/mol. The molecule has 4 aromatic rings. The smallest absolute Gasteiger partial charge is 0.331 e. The van der Waals surface area contributed by atoms with Crippen molar-refractivity contribution in [2.75, 3.05) is 0 Å². The van der Waals surface area contributed by atoms with Gasteiger partial charge < -0.3 is 14.2 Å². The molecule has 1 N–H and O–H groups in total. The Labute approximate surface area is 180 Å². The highest BCUT2D eigenvalue weighted by molar-refractivity contribution is 6.30. The van der Waals surface area contributed by atoms with E-state index in [4.69, 9.17) is 16.1 Å². The van der Waals surface area contributed by atoms with Crippen molar-refractivity contribution in [2.24, 2.45) is 14.1 Å². The lowest BCUT2D eigenvalue weighted by Gasteiger charge is -2.08. The molecular formula is C20H19ClN6O4. The van der Waals surface area contributed by atoms with Crippen molar-refractivity contribution in [3.05, 3.63) is 86.0 Å². The van der Waals surface area contributed by atoms with Gasteiger partial charge in [-0.15, -0.1) is 0 Å². The molecule has 1 aromatic carbocycles. The molecule has 0 unspecified atom stereocenters. The molecule has 0 saturated heterocycles. The van der Waals surface area contributed by atoms with Crippen molar-refractivity contribution < 1.29 is 9.63 Å². The third-order valence-electron chi connectivity index (χ3n) is 4.78. The summed E-state index contributed by atoms with van der Waals surface area (Å²) in [5, 5.41) is 18.9. The van der Waals surface area contributed by atoms with E-state index in [0.717, 1.165) is 4.57 Å². The fourth-order valence-electron chi connectivity index (χ4n) is 3.17.